The molecule has 0 aromatic heterocycles. The maximum absolute atomic E-state index is 13.2. The van der Waals surface area contributed by atoms with Gasteiger partial charge in [-0.3, -0.25) is 9.69 Å². The Kier molecular flexibility index (Phi) is 7.54. The molecule has 0 aliphatic carbocycles. The number of hydrazone groups is 1. The normalized spacial score (nSPS) is 14.4. The molecule has 0 bridgehead atoms. The van der Waals surface area contributed by atoms with Gasteiger partial charge in [0.1, 0.15) is 11.6 Å². The molecule has 1 saturated heterocycles. The van der Waals surface area contributed by atoms with E-state index in [-0.39, 0.29) is 11.7 Å². The average Bonchev–Trinajstić information content (AvgIpc) is 2.86. The molecule has 7 heteroatoms. The molecule has 1 aliphatic heterocycles. The third-order valence-corrected chi connectivity index (χ3v) is 5.96. The summed E-state index contributed by atoms with van der Waals surface area (Å²) in [6.07, 6.45) is 1.64. The van der Waals surface area contributed by atoms with Gasteiger partial charge in [-0.25, -0.2) is 9.82 Å². The SMILES string of the molecule is COc1ccc(C=NNC(=O)c2ccc(C)cc2)cc1CN1CCN(c2ccc(F)cc2)CC1. The first kappa shape index (κ1) is 23.4. The zero-order valence-corrected chi connectivity index (χ0v) is 19.5. The number of hydrogen-bond acceptors (Lipinski definition) is 5. The summed E-state index contributed by atoms with van der Waals surface area (Å²) in [7, 11) is 1.67. The van der Waals surface area contributed by atoms with Crippen molar-refractivity contribution in [2.45, 2.75) is 13.5 Å². The van der Waals surface area contributed by atoms with Crippen molar-refractivity contribution in [1.29, 1.82) is 0 Å². The maximum Gasteiger partial charge on any atom is 0.271 e. The fourth-order valence-electron chi connectivity index (χ4n) is 3.99. The van der Waals surface area contributed by atoms with Crippen molar-refractivity contribution in [3.63, 3.8) is 0 Å². The summed E-state index contributed by atoms with van der Waals surface area (Å²) in [5.74, 6) is 0.360. The van der Waals surface area contributed by atoms with E-state index in [0.29, 0.717) is 5.56 Å². The predicted octanol–water partition coefficient (Wildman–Crippen LogP) is 4.23. The lowest BCUT2D eigenvalue weighted by Gasteiger charge is -2.36. The first-order chi connectivity index (χ1) is 16.5. The van der Waals surface area contributed by atoms with Crippen molar-refractivity contribution in [2.24, 2.45) is 5.10 Å². The lowest BCUT2D eigenvalue weighted by atomic mass is 10.1. The van der Waals surface area contributed by atoms with E-state index in [4.69, 9.17) is 4.74 Å². The highest BCUT2D eigenvalue weighted by molar-refractivity contribution is 5.94. The van der Waals surface area contributed by atoms with Crippen LogP contribution >= 0.6 is 0 Å². The first-order valence-electron chi connectivity index (χ1n) is 11.3. The molecule has 4 rings (SSSR count). The van der Waals surface area contributed by atoms with E-state index in [0.717, 1.165) is 60.9 Å². The van der Waals surface area contributed by atoms with Gasteiger partial charge in [-0.2, -0.15) is 5.10 Å². The number of ether oxygens (including phenoxy) is 1. The first-order valence-corrected chi connectivity index (χ1v) is 11.3. The van der Waals surface area contributed by atoms with Gasteiger partial charge < -0.3 is 9.64 Å². The Bertz CT molecular complexity index is 1140. The van der Waals surface area contributed by atoms with Gasteiger partial charge in [-0.05, 0) is 67.1 Å². The standard InChI is InChI=1S/C27H29FN4O2/c1-20-3-6-22(7-4-20)27(33)30-29-18-21-5-12-26(34-2)23(17-21)19-31-13-15-32(16-14-31)25-10-8-24(28)9-11-25/h3-12,17-18H,13-16,19H2,1-2H3,(H,30,33). The minimum atomic E-state index is -0.246. The summed E-state index contributed by atoms with van der Waals surface area (Å²) < 4.78 is 18.8. The van der Waals surface area contributed by atoms with Crippen LogP contribution in [0.15, 0.2) is 71.8 Å². The highest BCUT2D eigenvalue weighted by Gasteiger charge is 2.19. The van der Waals surface area contributed by atoms with Crippen molar-refractivity contribution in [1.82, 2.24) is 10.3 Å². The maximum atomic E-state index is 13.2. The number of halogens is 1. The van der Waals surface area contributed by atoms with E-state index >= 15 is 0 Å². The molecule has 3 aromatic carbocycles. The zero-order chi connectivity index (χ0) is 23.9. The van der Waals surface area contributed by atoms with Crippen LogP contribution in [0.3, 0.4) is 0 Å². The molecule has 0 atom stereocenters. The summed E-state index contributed by atoms with van der Waals surface area (Å²) in [4.78, 5) is 16.9. The van der Waals surface area contributed by atoms with Crippen LogP contribution in [-0.4, -0.2) is 50.3 Å². The van der Waals surface area contributed by atoms with Gasteiger partial charge in [0.15, 0.2) is 0 Å². The van der Waals surface area contributed by atoms with Crippen LogP contribution in [0.5, 0.6) is 5.75 Å². The van der Waals surface area contributed by atoms with Gasteiger partial charge >= 0.3 is 0 Å². The van der Waals surface area contributed by atoms with Gasteiger partial charge in [-0.15, -0.1) is 0 Å². The molecule has 1 amide bonds. The van der Waals surface area contributed by atoms with Crippen molar-refractivity contribution in [2.75, 3.05) is 38.2 Å². The fourth-order valence-corrected chi connectivity index (χ4v) is 3.99. The molecule has 3 aromatic rings. The van der Waals surface area contributed by atoms with Crippen LogP contribution in [0.1, 0.15) is 27.0 Å². The lowest BCUT2D eigenvalue weighted by molar-refractivity contribution is 0.0955. The number of aryl methyl sites for hydroxylation is 1. The van der Waals surface area contributed by atoms with Gasteiger partial charge in [0.25, 0.3) is 5.91 Å². The Morgan fingerprint density at radius 2 is 1.74 bits per heavy atom. The van der Waals surface area contributed by atoms with Gasteiger partial charge in [-0.1, -0.05) is 17.7 Å². The molecule has 34 heavy (non-hydrogen) atoms. The topological polar surface area (TPSA) is 57.2 Å². The summed E-state index contributed by atoms with van der Waals surface area (Å²) in [5, 5.41) is 4.12. The van der Waals surface area contributed by atoms with Crippen LogP contribution in [0.2, 0.25) is 0 Å². The van der Waals surface area contributed by atoms with Crippen LogP contribution in [0, 0.1) is 12.7 Å². The molecule has 6 nitrogen and oxygen atoms in total. The highest BCUT2D eigenvalue weighted by atomic mass is 19.1. The quantitative estimate of drug-likeness (QED) is 0.424. The number of carbonyl (C=O) groups excluding carboxylic acids is 1. The molecule has 0 spiro atoms. The number of carbonyl (C=O) groups is 1. The molecule has 1 fully saturated rings. The van der Waals surface area contributed by atoms with Gasteiger partial charge in [0.2, 0.25) is 0 Å². The summed E-state index contributed by atoms with van der Waals surface area (Å²) >= 11 is 0. The Morgan fingerprint density at radius 1 is 1.03 bits per heavy atom. The zero-order valence-electron chi connectivity index (χ0n) is 19.5. The second-order valence-corrected chi connectivity index (χ2v) is 8.38. The second-order valence-electron chi connectivity index (χ2n) is 8.38. The number of methoxy groups -OCH3 is 1. The third kappa shape index (κ3) is 5.99. The molecular weight excluding hydrogens is 431 g/mol. The Morgan fingerprint density at radius 3 is 2.41 bits per heavy atom. The molecule has 1 N–H and O–H groups in total. The van der Waals surface area contributed by atoms with Crippen molar-refractivity contribution < 1.29 is 13.9 Å². The van der Waals surface area contributed by atoms with Crippen LogP contribution in [0.25, 0.3) is 0 Å². The van der Waals surface area contributed by atoms with Gasteiger partial charge in [0.05, 0.1) is 13.3 Å². The smallest absolute Gasteiger partial charge is 0.271 e. The van der Waals surface area contributed by atoms with Crippen LogP contribution in [-0.2, 0) is 6.54 Å². The minimum absolute atomic E-state index is 0.215. The molecule has 1 aliphatic rings. The number of piperazine rings is 1. The second kappa shape index (κ2) is 10.9. The van der Waals surface area contributed by atoms with E-state index in [1.54, 1.807) is 25.5 Å². The van der Waals surface area contributed by atoms with Crippen LogP contribution < -0.4 is 15.1 Å². The monoisotopic (exact) mass is 460 g/mol. The average molecular weight is 461 g/mol. The molecule has 0 radical (unpaired) electrons. The summed E-state index contributed by atoms with van der Waals surface area (Å²) in [6.45, 7) is 6.27. The van der Waals surface area contributed by atoms with E-state index in [9.17, 15) is 9.18 Å². The lowest BCUT2D eigenvalue weighted by Crippen LogP contribution is -2.46. The Hall–Kier alpha value is -3.71. The fraction of sp³-hybridized carbons (Fsp3) is 0.259. The Labute approximate surface area is 199 Å². The largest absolute Gasteiger partial charge is 0.496 e. The molecule has 176 valence electrons. The van der Waals surface area contributed by atoms with E-state index in [1.165, 1.54) is 12.1 Å². The third-order valence-electron chi connectivity index (χ3n) is 5.96. The number of hydrogen-bond donors (Lipinski definition) is 1. The van der Waals surface area contributed by atoms with Crippen LogP contribution in [0.4, 0.5) is 10.1 Å². The summed E-state index contributed by atoms with van der Waals surface area (Å²) in [6, 6.07) is 19.9. The van der Waals surface area contributed by atoms with E-state index in [2.05, 4.69) is 20.3 Å². The minimum Gasteiger partial charge on any atom is -0.496 e. The molecular formula is C27H29FN4O2. The number of anilines is 1. The summed E-state index contributed by atoms with van der Waals surface area (Å²) in [5.41, 5.74) is 7.23. The van der Waals surface area contributed by atoms with Crippen molar-refractivity contribution in [3.05, 3.63) is 94.8 Å². The Balaban J connectivity index is 1.35. The van der Waals surface area contributed by atoms with E-state index < -0.39 is 0 Å². The molecule has 0 saturated carbocycles. The number of benzene rings is 3. The predicted molar refractivity (Wildman–Crippen MR) is 133 cm³/mol. The molecule has 0 unspecified atom stereocenters. The number of nitrogens with one attached hydrogen (secondary N) is 1. The number of rotatable bonds is 7. The number of amides is 1. The van der Waals surface area contributed by atoms with Crippen molar-refractivity contribution in [3.8, 4) is 5.75 Å². The van der Waals surface area contributed by atoms with Gasteiger partial charge in [0, 0.05) is 49.5 Å². The molecule has 1 heterocycles. The highest BCUT2D eigenvalue weighted by Crippen LogP contribution is 2.23. The number of nitrogens with zero attached hydrogens (tertiary/aromatic N) is 3. The van der Waals surface area contributed by atoms with Crippen molar-refractivity contribution >= 4 is 17.8 Å². The van der Waals surface area contributed by atoms with E-state index in [1.807, 2.05) is 49.4 Å².